The number of aromatic hydroxyl groups is 2. The number of carbonyl (C=O) groups is 1. The van der Waals surface area contributed by atoms with Gasteiger partial charge in [-0.1, -0.05) is 49.4 Å². The number of hydrogen-bond donors (Lipinski definition) is 3. The molecule has 0 aromatic heterocycles. The van der Waals surface area contributed by atoms with Crippen molar-refractivity contribution in [1.82, 2.24) is 0 Å². The number of fused-ring (bicyclic) bond motifs is 1. The molecule has 1 aliphatic heterocycles. The molecule has 0 amide bonds. The lowest BCUT2D eigenvalue weighted by Crippen LogP contribution is -2.36. The van der Waals surface area contributed by atoms with E-state index in [4.69, 9.17) is 5.11 Å². The van der Waals surface area contributed by atoms with Gasteiger partial charge < -0.3 is 15.3 Å². The van der Waals surface area contributed by atoms with Crippen LogP contribution in [0.1, 0.15) is 35.1 Å². The number of thioether (sulfide) groups is 1. The van der Waals surface area contributed by atoms with Crippen LogP contribution in [0.15, 0.2) is 77.7 Å². The van der Waals surface area contributed by atoms with Crippen LogP contribution < -0.4 is 0 Å². The van der Waals surface area contributed by atoms with Crippen LogP contribution in [0.3, 0.4) is 0 Å². The fraction of sp³-hybridized carbons (Fsp3) is 0.160. The largest absolute Gasteiger partial charge is 0.508 e. The molecule has 0 spiro atoms. The normalized spacial score (nSPS) is 20.8. The predicted molar refractivity (Wildman–Crippen MR) is 119 cm³/mol. The van der Waals surface area contributed by atoms with Gasteiger partial charge in [0.1, 0.15) is 11.5 Å². The molecule has 0 aliphatic carbocycles. The molecule has 4 rings (SSSR count). The molecule has 0 saturated carbocycles. The Hall–Kier alpha value is -3.18. The summed E-state index contributed by atoms with van der Waals surface area (Å²) in [5.41, 5.74) is 3.98. The van der Waals surface area contributed by atoms with Crippen molar-refractivity contribution in [2.45, 2.75) is 23.2 Å². The number of carboxylic acids is 1. The van der Waals surface area contributed by atoms with E-state index in [1.165, 1.54) is 0 Å². The van der Waals surface area contributed by atoms with Crippen molar-refractivity contribution in [3.05, 3.63) is 95.1 Å². The van der Waals surface area contributed by atoms with Gasteiger partial charge in [0, 0.05) is 28.1 Å². The Morgan fingerprint density at radius 1 is 1.00 bits per heavy atom. The van der Waals surface area contributed by atoms with Gasteiger partial charge in [0.05, 0.1) is 0 Å². The smallest absolute Gasteiger partial charge is 0.328 e. The number of carboxylic acid groups (broad SMARTS) is 1. The van der Waals surface area contributed by atoms with Gasteiger partial charge in [0.2, 0.25) is 0 Å². The summed E-state index contributed by atoms with van der Waals surface area (Å²) in [6.07, 6.45) is 2.71. The van der Waals surface area contributed by atoms with Gasteiger partial charge in [0.25, 0.3) is 0 Å². The van der Waals surface area contributed by atoms with E-state index in [1.807, 2.05) is 48.5 Å². The summed E-state index contributed by atoms with van der Waals surface area (Å²) in [4.78, 5) is 11.9. The summed E-state index contributed by atoms with van der Waals surface area (Å²) in [5, 5.41) is 28.6. The molecule has 3 aromatic rings. The highest BCUT2D eigenvalue weighted by Gasteiger charge is 2.42. The first-order chi connectivity index (χ1) is 14.4. The highest BCUT2D eigenvalue weighted by atomic mass is 32.2. The molecule has 3 aromatic carbocycles. The zero-order valence-corrected chi connectivity index (χ0v) is 17.3. The molecule has 0 fully saturated rings. The second kappa shape index (κ2) is 7.92. The first kappa shape index (κ1) is 20.1. The molecule has 4 nitrogen and oxygen atoms in total. The van der Waals surface area contributed by atoms with Gasteiger partial charge in [-0.3, -0.25) is 0 Å². The molecule has 30 heavy (non-hydrogen) atoms. The first-order valence-corrected chi connectivity index (χ1v) is 10.6. The van der Waals surface area contributed by atoms with Crippen molar-refractivity contribution in [3.8, 4) is 11.5 Å². The van der Waals surface area contributed by atoms with E-state index in [-0.39, 0.29) is 22.8 Å². The molecule has 0 unspecified atom stereocenters. The Balaban J connectivity index is 1.83. The van der Waals surface area contributed by atoms with Crippen LogP contribution in [0, 0.1) is 0 Å². The molecule has 1 aliphatic rings. The standard InChI is InChI=1S/C25H22O4S/c1-25(18-7-9-19(26)10-8-18)15-30-22-14-20(27)11-12-21(22)24(25)17-5-2-16(3-6-17)4-13-23(28)29/h2-14,24,26-27H,15H2,1H3,(H,28,29)/t24-,25-/m1/s1. The molecular weight excluding hydrogens is 396 g/mol. The number of benzene rings is 3. The molecule has 0 radical (unpaired) electrons. The van der Waals surface area contributed by atoms with Crippen LogP contribution in [-0.2, 0) is 10.2 Å². The average molecular weight is 419 g/mol. The molecule has 0 saturated heterocycles. The monoisotopic (exact) mass is 418 g/mol. The van der Waals surface area contributed by atoms with E-state index in [1.54, 1.807) is 36.0 Å². The quantitative estimate of drug-likeness (QED) is 0.495. The molecule has 5 heteroatoms. The van der Waals surface area contributed by atoms with Gasteiger partial charge in [-0.15, -0.1) is 11.8 Å². The average Bonchev–Trinajstić information content (AvgIpc) is 2.73. The highest BCUT2D eigenvalue weighted by Crippen LogP contribution is 2.53. The van der Waals surface area contributed by atoms with Crippen LogP contribution in [0.2, 0.25) is 0 Å². The van der Waals surface area contributed by atoms with Crippen molar-refractivity contribution in [2.24, 2.45) is 0 Å². The Kier molecular flexibility index (Phi) is 5.31. The third kappa shape index (κ3) is 3.81. The first-order valence-electron chi connectivity index (χ1n) is 9.63. The van der Waals surface area contributed by atoms with E-state index in [2.05, 4.69) is 6.92 Å². The van der Waals surface area contributed by atoms with Gasteiger partial charge in [0.15, 0.2) is 0 Å². The lowest BCUT2D eigenvalue weighted by atomic mass is 9.67. The Morgan fingerprint density at radius 3 is 2.33 bits per heavy atom. The number of phenols is 2. The third-order valence-corrected chi connectivity index (χ3v) is 7.10. The van der Waals surface area contributed by atoms with E-state index in [9.17, 15) is 15.0 Å². The molecule has 1 heterocycles. The number of aliphatic carboxylic acids is 1. The minimum atomic E-state index is -0.975. The maximum atomic E-state index is 10.8. The predicted octanol–water partition coefficient (Wildman–Crippen LogP) is 5.39. The van der Waals surface area contributed by atoms with Crippen molar-refractivity contribution in [1.29, 1.82) is 0 Å². The molecule has 3 N–H and O–H groups in total. The van der Waals surface area contributed by atoms with Gasteiger partial charge >= 0.3 is 5.97 Å². The van der Waals surface area contributed by atoms with Gasteiger partial charge in [-0.25, -0.2) is 4.79 Å². The summed E-state index contributed by atoms with van der Waals surface area (Å²) >= 11 is 1.72. The van der Waals surface area contributed by atoms with Crippen molar-refractivity contribution >= 4 is 23.8 Å². The van der Waals surface area contributed by atoms with Crippen LogP contribution in [-0.4, -0.2) is 27.0 Å². The summed E-state index contributed by atoms with van der Waals surface area (Å²) in [6.45, 7) is 2.23. The van der Waals surface area contributed by atoms with E-state index in [0.29, 0.717) is 0 Å². The number of hydrogen-bond acceptors (Lipinski definition) is 4. The molecule has 0 bridgehead atoms. The van der Waals surface area contributed by atoms with E-state index < -0.39 is 5.97 Å². The minimum Gasteiger partial charge on any atom is -0.508 e. The van der Waals surface area contributed by atoms with Gasteiger partial charge in [-0.2, -0.15) is 0 Å². The van der Waals surface area contributed by atoms with E-state index >= 15 is 0 Å². The molecule has 2 atom stereocenters. The lowest BCUT2D eigenvalue weighted by molar-refractivity contribution is -0.131. The maximum Gasteiger partial charge on any atom is 0.328 e. The lowest BCUT2D eigenvalue weighted by Gasteiger charge is -2.43. The number of rotatable bonds is 4. The number of phenolic OH excluding ortho intramolecular Hbond substituents is 2. The SMILES string of the molecule is C[C@]1(c2ccc(O)cc2)CSc2cc(O)ccc2[C@H]1c1ccc(C=CC(=O)O)cc1. The second-order valence-electron chi connectivity index (χ2n) is 7.75. The topological polar surface area (TPSA) is 77.8 Å². The van der Waals surface area contributed by atoms with Crippen LogP contribution in [0.5, 0.6) is 11.5 Å². The van der Waals surface area contributed by atoms with E-state index in [0.717, 1.165) is 39.0 Å². The fourth-order valence-corrected chi connectivity index (χ4v) is 5.49. The summed E-state index contributed by atoms with van der Waals surface area (Å²) < 4.78 is 0. The summed E-state index contributed by atoms with van der Waals surface area (Å²) in [7, 11) is 0. The summed E-state index contributed by atoms with van der Waals surface area (Å²) in [5.74, 6) is 0.373. The Bertz CT molecular complexity index is 1100. The molecular formula is C25H22O4S. The van der Waals surface area contributed by atoms with Crippen LogP contribution >= 0.6 is 11.8 Å². The van der Waals surface area contributed by atoms with Crippen molar-refractivity contribution < 1.29 is 20.1 Å². The van der Waals surface area contributed by atoms with Crippen LogP contribution in [0.4, 0.5) is 0 Å². The zero-order chi connectivity index (χ0) is 21.3. The maximum absolute atomic E-state index is 10.8. The fourth-order valence-electron chi connectivity index (χ4n) is 4.15. The Labute approximate surface area is 179 Å². The van der Waals surface area contributed by atoms with Crippen molar-refractivity contribution in [3.63, 3.8) is 0 Å². The van der Waals surface area contributed by atoms with Crippen molar-refractivity contribution in [2.75, 3.05) is 5.75 Å². The third-order valence-electron chi connectivity index (χ3n) is 5.69. The zero-order valence-electron chi connectivity index (χ0n) is 16.4. The van der Waals surface area contributed by atoms with Gasteiger partial charge in [-0.05, 0) is 52.6 Å². The summed E-state index contributed by atoms with van der Waals surface area (Å²) in [6, 6.07) is 20.8. The molecule has 152 valence electrons. The highest BCUT2D eigenvalue weighted by molar-refractivity contribution is 7.99. The Morgan fingerprint density at radius 2 is 1.67 bits per heavy atom. The second-order valence-corrected chi connectivity index (χ2v) is 8.76. The minimum absolute atomic E-state index is 0.0383. The van der Waals surface area contributed by atoms with Crippen LogP contribution in [0.25, 0.3) is 6.08 Å².